The third kappa shape index (κ3) is 3.25. The number of hydrogen-bond donors (Lipinski definition) is 1. The van der Waals surface area contributed by atoms with Gasteiger partial charge >= 0.3 is 6.03 Å². The molecule has 7 heteroatoms. The van der Waals surface area contributed by atoms with Crippen molar-refractivity contribution < 1.29 is 9.18 Å². The van der Waals surface area contributed by atoms with Crippen LogP contribution in [0.15, 0.2) is 30.6 Å². The van der Waals surface area contributed by atoms with Crippen LogP contribution in [0.4, 0.5) is 9.18 Å². The van der Waals surface area contributed by atoms with Crippen molar-refractivity contribution in [2.45, 2.75) is 32.4 Å². The first-order valence-electron chi connectivity index (χ1n) is 8.12. The zero-order chi connectivity index (χ0) is 17.3. The van der Waals surface area contributed by atoms with Gasteiger partial charge in [-0.1, -0.05) is 19.1 Å². The largest absolute Gasteiger partial charge is 0.328 e. The summed E-state index contributed by atoms with van der Waals surface area (Å²) >= 11 is 0. The molecular formula is C17H22FN5O. The first-order chi connectivity index (χ1) is 11.5. The highest BCUT2D eigenvalue weighted by Crippen LogP contribution is 2.35. The number of aromatic nitrogens is 3. The third-order valence-electron chi connectivity index (χ3n) is 4.48. The number of nitrogens with zero attached hydrogens (tertiary/aromatic N) is 4. The van der Waals surface area contributed by atoms with Crippen LogP contribution in [-0.4, -0.2) is 32.2 Å². The summed E-state index contributed by atoms with van der Waals surface area (Å²) in [5.41, 5.74) is 0.834. The van der Waals surface area contributed by atoms with E-state index in [1.54, 1.807) is 21.9 Å². The molecule has 2 amide bonds. The molecule has 0 saturated carbocycles. The van der Waals surface area contributed by atoms with Crippen LogP contribution in [0.2, 0.25) is 0 Å². The summed E-state index contributed by atoms with van der Waals surface area (Å²) < 4.78 is 15.3. The van der Waals surface area contributed by atoms with E-state index in [2.05, 4.69) is 22.4 Å². The molecule has 1 saturated heterocycles. The second-order valence-electron chi connectivity index (χ2n) is 6.54. The van der Waals surface area contributed by atoms with Gasteiger partial charge in [-0.2, -0.15) is 0 Å². The van der Waals surface area contributed by atoms with E-state index in [4.69, 9.17) is 0 Å². The third-order valence-corrected chi connectivity index (χ3v) is 4.48. The SMILES string of the molecule is C[C@@H]1C[C@H](c2cccc(F)c2)N(C(=O)N[C@@H](C)c2nncn2C)C1. The maximum atomic E-state index is 13.5. The minimum Gasteiger partial charge on any atom is -0.328 e. The van der Waals surface area contributed by atoms with Gasteiger partial charge in [-0.05, 0) is 37.0 Å². The number of carbonyl (C=O) groups is 1. The Hall–Kier alpha value is -2.44. The number of urea groups is 1. The molecule has 1 aromatic heterocycles. The lowest BCUT2D eigenvalue weighted by molar-refractivity contribution is 0.188. The zero-order valence-electron chi connectivity index (χ0n) is 14.1. The van der Waals surface area contributed by atoms with Crippen LogP contribution in [0, 0.1) is 11.7 Å². The van der Waals surface area contributed by atoms with Crippen LogP contribution in [0.5, 0.6) is 0 Å². The summed E-state index contributed by atoms with van der Waals surface area (Å²) in [7, 11) is 1.84. The maximum absolute atomic E-state index is 13.5. The van der Waals surface area contributed by atoms with Crippen molar-refractivity contribution in [3.8, 4) is 0 Å². The molecule has 3 atom stereocenters. The second-order valence-corrected chi connectivity index (χ2v) is 6.54. The fraction of sp³-hybridized carbons (Fsp3) is 0.471. The second kappa shape index (κ2) is 6.59. The van der Waals surface area contributed by atoms with Crippen molar-refractivity contribution in [2.75, 3.05) is 6.54 Å². The topological polar surface area (TPSA) is 63.1 Å². The van der Waals surface area contributed by atoms with E-state index in [0.717, 1.165) is 12.0 Å². The lowest BCUT2D eigenvalue weighted by Gasteiger charge is -2.27. The highest BCUT2D eigenvalue weighted by molar-refractivity contribution is 5.75. The van der Waals surface area contributed by atoms with E-state index in [0.29, 0.717) is 18.3 Å². The molecule has 6 nitrogen and oxygen atoms in total. The predicted octanol–water partition coefficient (Wildman–Crippen LogP) is 2.81. The molecule has 128 valence electrons. The Bertz CT molecular complexity index is 731. The Kier molecular flexibility index (Phi) is 4.51. The number of hydrogen-bond acceptors (Lipinski definition) is 3. The Labute approximate surface area is 140 Å². The maximum Gasteiger partial charge on any atom is 0.318 e. The number of aryl methyl sites for hydroxylation is 1. The number of carbonyl (C=O) groups excluding carboxylic acids is 1. The van der Waals surface area contributed by atoms with Crippen molar-refractivity contribution >= 4 is 6.03 Å². The van der Waals surface area contributed by atoms with Crippen molar-refractivity contribution in [2.24, 2.45) is 13.0 Å². The van der Waals surface area contributed by atoms with E-state index < -0.39 is 0 Å². The van der Waals surface area contributed by atoms with Crippen LogP contribution < -0.4 is 5.32 Å². The van der Waals surface area contributed by atoms with Gasteiger partial charge in [0.15, 0.2) is 5.82 Å². The molecule has 1 aromatic carbocycles. The Morgan fingerprint density at radius 1 is 1.46 bits per heavy atom. The van der Waals surface area contributed by atoms with Crippen molar-refractivity contribution in [1.82, 2.24) is 25.0 Å². The number of rotatable bonds is 3. The van der Waals surface area contributed by atoms with Gasteiger partial charge in [0.05, 0.1) is 12.1 Å². The molecular weight excluding hydrogens is 309 g/mol. The monoisotopic (exact) mass is 331 g/mol. The predicted molar refractivity (Wildman–Crippen MR) is 87.6 cm³/mol. The average molecular weight is 331 g/mol. The Balaban J connectivity index is 1.76. The van der Waals surface area contributed by atoms with Crippen LogP contribution in [0.3, 0.4) is 0 Å². The summed E-state index contributed by atoms with van der Waals surface area (Å²) in [4.78, 5) is 14.5. The number of amides is 2. The first kappa shape index (κ1) is 16.4. The fourth-order valence-corrected chi connectivity index (χ4v) is 3.32. The number of benzene rings is 1. The summed E-state index contributed by atoms with van der Waals surface area (Å²) in [5.74, 6) is 0.784. The van der Waals surface area contributed by atoms with Crippen molar-refractivity contribution in [1.29, 1.82) is 0 Å². The summed E-state index contributed by atoms with van der Waals surface area (Å²) in [5, 5.41) is 10.8. The van der Waals surface area contributed by atoms with Gasteiger partial charge in [-0.15, -0.1) is 10.2 Å². The van der Waals surface area contributed by atoms with Crippen LogP contribution in [0.1, 0.15) is 43.7 Å². The quantitative estimate of drug-likeness (QED) is 0.941. The highest BCUT2D eigenvalue weighted by atomic mass is 19.1. The smallest absolute Gasteiger partial charge is 0.318 e. The van der Waals surface area contributed by atoms with E-state index >= 15 is 0 Å². The van der Waals surface area contributed by atoms with E-state index in [-0.39, 0.29) is 23.9 Å². The molecule has 0 spiro atoms. The van der Waals surface area contributed by atoms with E-state index in [1.165, 1.54) is 12.1 Å². The Morgan fingerprint density at radius 2 is 2.25 bits per heavy atom. The molecule has 1 N–H and O–H groups in total. The summed E-state index contributed by atoms with van der Waals surface area (Å²) in [6.45, 7) is 4.63. The molecule has 0 unspecified atom stereocenters. The lowest BCUT2D eigenvalue weighted by atomic mass is 10.0. The molecule has 1 aliphatic rings. The van der Waals surface area contributed by atoms with E-state index in [9.17, 15) is 9.18 Å². The minimum atomic E-state index is -0.278. The number of nitrogens with one attached hydrogen (secondary N) is 1. The molecule has 0 aliphatic carbocycles. The summed E-state index contributed by atoms with van der Waals surface area (Å²) in [6, 6.07) is 5.96. The van der Waals surface area contributed by atoms with Crippen LogP contribution >= 0.6 is 0 Å². The van der Waals surface area contributed by atoms with Gasteiger partial charge in [0, 0.05) is 13.6 Å². The first-order valence-corrected chi connectivity index (χ1v) is 8.12. The number of halogens is 1. The normalized spacial score (nSPS) is 21.8. The molecule has 1 aliphatic heterocycles. The number of likely N-dealkylation sites (tertiary alicyclic amines) is 1. The molecule has 1 fully saturated rings. The molecule has 0 radical (unpaired) electrons. The highest BCUT2D eigenvalue weighted by Gasteiger charge is 2.35. The van der Waals surface area contributed by atoms with Crippen LogP contribution in [0.25, 0.3) is 0 Å². The fourth-order valence-electron chi connectivity index (χ4n) is 3.32. The summed E-state index contributed by atoms with van der Waals surface area (Å²) in [6.07, 6.45) is 2.43. The zero-order valence-corrected chi connectivity index (χ0v) is 14.1. The van der Waals surface area contributed by atoms with Gasteiger partial charge in [0.25, 0.3) is 0 Å². The Morgan fingerprint density at radius 3 is 2.92 bits per heavy atom. The molecule has 24 heavy (non-hydrogen) atoms. The van der Waals surface area contributed by atoms with Gasteiger partial charge in [0.1, 0.15) is 12.1 Å². The van der Waals surface area contributed by atoms with Crippen molar-refractivity contribution in [3.63, 3.8) is 0 Å². The van der Waals surface area contributed by atoms with Gasteiger partial charge in [-0.3, -0.25) is 0 Å². The molecule has 2 aromatic rings. The van der Waals surface area contributed by atoms with E-state index in [1.807, 2.05) is 20.0 Å². The van der Waals surface area contributed by atoms with Gasteiger partial charge in [-0.25, -0.2) is 9.18 Å². The minimum absolute atomic E-state index is 0.109. The van der Waals surface area contributed by atoms with Crippen LogP contribution in [-0.2, 0) is 7.05 Å². The van der Waals surface area contributed by atoms with Gasteiger partial charge < -0.3 is 14.8 Å². The average Bonchev–Trinajstić information content (AvgIpc) is 3.13. The van der Waals surface area contributed by atoms with Gasteiger partial charge in [0.2, 0.25) is 0 Å². The molecule has 3 rings (SSSR count). The molecule has 2 heterocycles. The standard InChI is InChI=1S/C17H22FN5O/c1-11-7-15(13-5-4-6-14(18)8-13)23(9-11)17(24)20-12(2)16-21-19-10-22(16)3/h4-6,8,10-12,15H,7,9H2,1-3H3,(H,20,24)/t11-,12+,15-/m1/s1. The lowest BCUT2D eigenvalue weighted by Crippen LogP contribution is -2.41. The van der Waals surface area contributed by atoms with Crippen molar-refractivity contribution in [3.05, 3.63) is 47.8 Å². The molecule has 0 bridgehead atoms.